The molecule has 0 saturated carbocycles. The molecule has 0 atom stereocenters. The van der Waals surface area contributed by atoms with Crippen molar-refractivity contribution < 1.29 is 0 Å². The topological polar surface area (TPSA) is 12.0 Å². The lowest BCUT2D eigenvalue weighted by atomic mass is 9.94. The molecule has 0 unspecified atom stereocenters. The Hall–Kier alpha value is -1.31. The van der Waals surface area contributed by atoms with E-state index in [4.69, 9.17) is 11.6 Å². The summed E-state index contributed by atoms with van der Waals surface area (Å²) < 4.78 is 0. The molecule has 0 fully saturated rings. The number of halogens is 1. The van der Waals surface area contributed by atoms with E-state index < -0.39 is 0 Å². The van der Waals surface area contributed by atoms with Crippen LogP contribution in [-0.2, 0) is 6.54 Å². The Morgan fingerprint density at radius 2 is 1.80 bits per heavy atom. The maximum atomic E-state index is 6.20. The van der Waals surface area contributed by atoms with E-state index in [0.29, 0.717) is 0 Å². The van der Waals surface area contributed by atoms with Crippen LogP contribution < -0.4 is 5.32 Å². The molecule has 0 heterocycles. The van der Waals surface area contributed by atoms with Gasteiger partial charge in [0.1, 0.15) is 0 Å². The van der Waals surface area contributed by atoms with Crippen LogP contribution in [0.15, 0.2) is 36.4 Å². The summed E-state index contributed by atoms with van der Waals surface area (Å²) in [6.45, 7) is 8.38. The minimum atomic E-state index is 0.792. The van der Waals surface area contributed by atoms with Gasteiger partial charge in [-0.05, 0) is 61.2 Å². The van der Waals surface area contributed by atoms with Gasteiger partial charge in [0.25, 0.3) is 0 Å². The van der Waals surface area contributed by atoms with Gasteiger partial charge < -0.3 is 5.32 Å². The molecule has 0 radical (unpaired) electrons. The quantitative estimate of drug-likeness (QED) is 0.752. The third-order valence-corrected chi connectivity index (χ3v) is 3.73. The van der Waals surface area contributed by atoms with Crippen molar-refractivity contribution in [3.8, 4) is 11.1 Å². The van der Waals surface area contributed by atoms with Crippen LogP contribution in [-0.4, -0.2) is 6.54 Å². The first-order valence-electron chi connectivity index (χ1n) is 7.18. The first-order valence-corrected chi connectivity index (χ1v) is 7.56. The standard InChI is InChI=1S/C18H22ClN/c1-4-9-20-12-15-7-8-16(19)11-18(15)17-10-13(2)5-6-14(17)3/h5-8,10-11,20H,4,9,12H2,1-3H3. The van der Waals surface area contributed by atoms with Gasteiger partial charge in [-0.3, -0.25) is 0 Å². The lowest BCUT2D eigenvalue weighted by Gasteiger charge is -2.14. The predicted molar refractivity (Wildman–Crippen MR) is 88.4 cm³/mol. The van der Waals surface area contributed by atoms with Crippen molar-refractivity contribution in [2.24, 2.45) is 0 Å². The number of benzene rings is 2. The van der Waals surface area contributed by atoms with Gasteiger partial charge >= 0.3 is 0 Å². The van der Waals surface area contributed by atoms with Crippen LogP contribution in [0.3, 0.4) is 0 Å². The first-order chi connectivity index (χ1) is 9.61. The molecule has 0 aliphatic carbocycles. The summed E-state index contributed by atoms with van der Waals surface area (Å²) in [7, 11) is 0. The summed E-state index contributed by atoms with van der Waals surface area (Å²) in [4.78, 5) is 0. The summed E-state index contributed by atoms with van der Waals surface area (Å²) in [5.74, 6) is 0. The SMILES string of the molecule is CCCNCc1ccc(Cl)cc1-c1cc(C)ccc1C. The lowest BCUT2D eigenvalue weighted by molar-refractivity contribution is 0.676. The second-order valence-electron chi connectivity index (χ2n) is 5.30. The molecule has 1 nitrogen and oxygen atoms in total. The van der Waals surface area contributed by atoms with Crippen LogP contribution >= 0.6 is 11.6 Å². The number of nitrogens with one attached hydrogen (secondary N) is 1. The van der Waals surface area contributed by atoms with Crippen LogP contribution in [0, 0.1) is 13.8 Å². The average molecular weight is 288 g/mol. The Balaban J connectivity index is 2.42. The number of aryl methyl sites for hydroxylation is 2. The molecular formula is C18H22ClN. The summed E-state index contributed by atoms with van der Waals surface area (Å²) in [5.41, 5.74) is 6.38. The highest BCUT2D eigenvalue weighted by Gasteiger charge is 2.09. The lowest BCUT2D eigenvalue weighted by Crippen LogP contribution is -2.14. The fourth-order valence-electron chi connectivity index (χ4n) is 2.38. The minimum absolute atomic E-state index is 0.792. The van der Waals surface area contributed by atoms with Crippen LogP contribution in [0.4, 0.5) is 0 Å². The fraction of sp³-hybridized carbons (Fsp3) is 0.333. The maximum absolute atomic E-state index is 6.20. The highest BCUT2D eigenvalue weighted by Crippen LogP contribution is 2.30. The molecule has 0 amide bonds. The van der Waals surface area contributed by atoms with Crippen molar-refractivity contribution in [3.63, 3.8) is 0 Å². The van der Waals surface area contributed by atoms with Gasteiger partial charge in [0.15, 0.2) is 0 Å². The zero-order valence-electron chi connectivity index (χ0n) is 12.5. The molecule has 0 aromatic heterocycles. The largest absolute Gasteiger partial charge is 0.313 e. The van der Waals surface area contributed by atoms with Crippen molar-refractivity contribution in [1.82, 2.24) is 5.32 Å². The van der Waals surface area contributed by atoms with E-state index in [1.54, 1.807) is 0 Å². The van der Waals surface area contributed by atoms with Crippen LogP contribution in [0.1, 0.15) is 30.0 Å². The van der Waals surface area contributed by atoms with Crippen LogP contribution in [0.5, 0.6) is 0 Å². The Kier molecular flexibility index (Phi) is 5.22. The van der Waals surface area contributed by atoms with Gasteiger partial charge in [-0.1, -0.05) is 48.4 Å². The molecule has 0 bridgehead atoms. The van der Waals surface area contributed by atoms with Crippen molar-refractivity contribution in [3.05, 3.63) is 58.1 Å². The molecule has 0 spiro atoms. The van der Waals surface area contributed by atoms with Crippen molar-refractivity contribution in [1.29, 1.82) is 0 Å². The first kappa shape index (κ1) is 15.1. The summed E-state index contributed by atoms with van der Waals surface area (Å²) in [5, 5.41) is 4.26. The minimum Gasteiger partial charge on any atom is -0.313 e. The maximum Gasteiger partial charge on any atom is 0.0412 e. The van der Waals surface area contributed by atoms with Gasteiger partial charge in [-0.25, -0.2) is 0 Å². The Morgan fingerprint density at radius 3 is 2.55 bits per heavy atom. The third kappa shape index (κ3) is 3.62. The van der Waals surface area contributed by atoms with Crippen molar-refractivity contribution in [2.45, 2.75) is 33.7 Å². The van der Waals surface area contributed by atoms with Gasteiger partial charge in [-0.2, -0.15) is 0 Å². The van der Waals surface area contributed by atoms with E-state index in [0.717, 1.165) is 24.5 Å². The number of rotatable bonds is 5. The number of hydrogen-bond acceptors (Lipinski definition) is 1. The number of hydrogen-bond donors (Lipinski definition) is 1. The Labute approximate surface area is 127 Å². The van der Waals surface area contributed by atoms with E-state index in [1.807, 2.05) is 6.07 Å². The summed E-state index contributed by atoms with van der Waals surface area (Å²) in [6, 6.07) is 12.7. The van der Waals surface area contributed by atoms with E-state index in [1.165, 1.54) is 27.8 Å². The molecule has 0 aliphatic heterocycles. The van der Waals surface area contributed by atoms with Gasteiger partial charge in [0.05, 0.1) is 0 Å². The van der Waals surface area contributed by atoms with Crippen LogP contribution in [0.2, 0.25) is 5.02 Å². The van der Waals surface area contributed by atoms with E-state index >= 15 is 0 Å². The molecule has 2 rings (SSSR count). The molecule has 1 N–H and O–H groups in total. The summed E-state index contributed by atoms with van der Waals surface area (Å²) >= 11 is 6.20. The molecule has 20 heavy (non-hydrogen) atoms. The molecule has 0 aliphatic rings. The van der Waals surface area contributed by atoms with E-state index in [9.17, 15) is 0 Å². The van der Waals surface area contributed by atoms with Crippen molar-refractivity contribution in [2.75, 3.05) is 6.54 Å². The Morgan fingerprint density at radius 1 is 1.00 bits per heavy atom. The van der Waals surface area contributed by atoms with Crippen molar-refractivity contribution >= 4 is 11.6 Å². The average Bonchev–Trinajstić information content (AvgIpc) is 2.43. The van der Waals surface area contributed by atoms with Gasteiger partial charge in [0, 0.05) is 11.6 Å². The van der Waals surface area contributed by atoms with Crippen LogP contribution in [0.25, 0.3) is 11.1 Å². The third-order valence-electron chi connectivity index (χ3n) is 3.50. The van der Waals surface area contributed by atoms with E-state index in [-0.39, 0.29) is 0 Å². The zero-order chi connectivity index (χ0) is 14.5. The molecule has 106 valence electrons. The molecular weight excluding hydrogens is 266 g/mol. The zero-order valence-corrected chi connectivity index (χ0v) is 13.2. The molecule has 2 heteroatoms. The second kappa shape index (κ2) is 6.92. The smallest absolute Gasteiger partial charge is 0.0412 e. The monoisotopic (exact) mass is 287 g/mol. The molecule has 2 aromatic carbocycles. The highest BCUT2D eigenvalue weighted by molar-refractivity contribution is 6.30. The molecule has 0 saturated heterocycles. The van der Waals surface area contributed by atoms with E-state index in [2.05, 4.69) is 56.4 Å². The second-order valence-corrected chi connectivity index (χ2v) is 5.73. The highest BCUT2D eigenvalue weighted by atomic mass is 35.5. The predicted octanol–water partition coefficient (Wildman–Crippen LogP) is 5.12. The fourth-order valence-corrected chi connectivity index (χ4v) is 2.55. The molecule has 2 aromatic rings. The van der Waals surface area contributed by atoms with Gasteiger partial charge in [0.2, 0.25) is 0 Å². The Bertz CT molecular complexity index is 590. The van der Waals surface area contributed by atoms with Gasteiger partial charge in [-0.15, -0.1) is 0 Å². The summed E-state index contributed by atoms with van der Waals surface area (Å²) in [6.07, 6.45) is 1.15. The normalized spacial score (nSPS) is 10.8.